The van der Waals surface area contributed by atoms with Crippen LogP contribution in [0.3, 0.4) is 0 Å². The number of nitriles is 1. The van der Waals surface area contributed by atoms with Gasteiger partial charge in [-0.25, -0.2) is 4.39 Å². The van der Waals surface area contributed by atoms with Gasteiger partial charge in [-0.15, -0.1) is 0 Å². The normalized spacial score (nSPS) is 21.1. The molecule has 1 N–H and O–H groups in total. The van der Waals surface area contributed by atoms with Gasteiger partial charge in [0.2, 0.25) is 0 Å². The van der Waals surface area contributed by atoms with Gasteiger partial charge in [0.25, 0.3) is 0 Å². The van der Waals surface area contributed by atoms with Gasteiger partial charge in [0.15, 0.2) is 0 Å². The molecule has 0 aromatic heterocycles. The lowest BCUT2D eigenvalue weighted by molar-refractivity contribution is 0.121. The molecule has 2 aliphatic heterocycles. The molecule has 1 aromatic carbocycles. The lowest BCUT2D eigenvalue weighted by Crippen LogP contribution is -2.71. The first-order valence-electron chi connectivity index (χ1n) is 5.38. The number of halogens is 1. The Balaban J connectivity index is 1.77. The fraction of sp³-hybridized carbons (Fsp3) is 0.417. The number of anilines is 1. The van der Waals surface area contributed by atoms with Gasteiger partial charge in [0.1, 0.15) is 11.9 Å². The van der Waals surface area contributed by atoms with E-state index in [0.717, 1.165) is 31.9 Å². The van der Waals surface area contributed by atoms with Crippen LogP contribution < -0.4 is 10.2 Å². The van der Waals surface area contributed by atoms with Gasteiger partial charge in [0.05, 0.1) is 5.56 Å². The first-order chi connectivity index (χ1) is 7.72. The highest BCUT2D eigenvalue weighted by molar-refractivity contribution is 5.53. The van der Waals surface area contributed by atoms with Crippen LogP contribution in [-0.2, 0) is 0 Å². The van der Waals surface area contributed by atoms with Crippen LogP contribution in [0.25, 0.3) is 0 Å². The van der Waals surface area contributed by atoms with E-state index in [0.29, 0.717) is 5.41 Å². The molecule has 0 aliphatic carbocycles. The summed E-state index contributed by atoms with van der Waals surface area (Å²) in [6.45, 7) is 4.13. The minimum Gasteiger partial charge on any atom is -0.370 e. The van der Waals surface area contributed by atoms with E-state index in [9.17, 15) is 4.39 Å². The van der Waals surface area contributed by atoms with Crippen LogP contribution in [0, 0.1) is 22.6 Å². The zero-order chi connectivity index (χ0) is 11.2. The molecule has 0 unspecified atom stereocenters. The second-order valence-corrected chi connectivity index (χ2v) is 4.74. The van der Waals surface area contributed by atoms with E-state index in [1.165, 1.54) is 6.07 Å². The van der Waals surface area contributed by atoms with Crippen molar-refractivity contribution >= 4 is 5.69 Å². The van der Waals surface area contributed by atoms with E-state index in [2.05, 4.69) is 10.2 Å². The largest absolute Gasteiger partial charge is 0.370 e. The number of nitrogens with zero attached hydrogens (tertiary/aromatic N) is 2. The first kappa shape index (κ1) is 9.61. The molecule has 2 saturated heterocycles. The van der Waals surface area contributed by atoms with Crippen molar-refractivity contribution in [2.75, 3.05) is 31.1 Å². The van der Waals surface area contributed by atoms with E-state index in [1.807, 2.05) is 12.1 Å². The van der Waals surface area contributed by atoms with Crippen molar-refractivity contribution < 1.29 is 4.39 Å². The fourth-order valence-electron chi connectivity index (χ4n) is 2.44. The quantitative estimate of drug-likeness (QED) is 0.765. The molecule has 3 rings (SSSR count). The average Bonchev–Trinajstić information content (AvgIpc) is 2.13. The van der Waals surface area contributed by atoms with E-state index in [1.54, 1.807) is 6.07 Å². The van der Waals surface area contributed by atoms with E-state index in [-0.39, 0.29) is 5.56 Å². The molecule has 2 heterocycles. The predicted octanol–water partition coefficient (Wildman–Crippen LogP) is 1.11. The Labute approximate surface area is 93.5 Å². The van der Waals surface area contributed by atoms with Crippen molar-refractivity contribution in [3.8, 4) is 6.07 Å². The van der Waals surface area contributed by atoms with E-state index in [4.69, 9.17) is 5.26 Å². The minimum atomic E-state index is -0.423. The molecule has 0 bridgehead atoms. The Kier molecular flexibility index (Phi) is 1.92. The molecular weight excluding hydrogens is 205 g/mol. The summed E-state index contributed by atoms with van der Waals surface area (Å²) >= 11 is 0. The van der Waals surface area contributed by atoms with Gasteiger partial charge >= 0.3 is 0 Å². The van der Waals surface area contributed by atoms with Crippen LogP contribution in [0.2, 0.25) is 0 Å². The SMILES string of the molecule is N#Cc1ccc(N2CC3(CNC3)C2)cc1F. The second-order valence-electron chi connectivity index (χ2n) is 4.74. The van der Waals surface area contributed by atoms with E-state index >= 15 is 0 Å². The molecular formula is C12H12FN3. The number of rotatable bonds is 1. The Bertz CT molecular complexity index is 466. The second kappa shape index (κ2) is 3.19. The van der Waals surface area contributed by atoms with Gasteiger partial charge < -0.3 is 10.2 Å². The Morgan fingerprint density at radius 3 is 2.62 bits per heavy atom. The zero-order valence-corrected chi connectivity index (χ0v) is 8.83. The molecule has 1 aromatic rings. The molecule has 2 fully saturated rings. The van der Waals surface area contributed by atoms with Crippen LogP contribution in [0.1, 0.15) is 5.56 Å². The van der Waals surface area contributed by atoms with E-state index < -0.39 is 5.82 Å². The van der Waals surface area contributed by atoms with Crippen molar-refractivity contribution in [1.82, 2.24) is 5.32 Å². The van der Waals surface area contributed by atoms with Crippen LogP contribution in [-0.4, -0.2) is 26.2 Å². The van der Waals surface area contributed by atoms with Crippen molar-refractivity contribution in [2.45, 2.75) is 0 Å². The lowest BCUT2D eigenvalue weighted by Gasteiger charge is -2.57. The van der Waals surface area contributed by atoms with Gasteiger partial charge in [-0.1, -0.05) is 0 Å². The molecule has 0 atom stereocenters. The molecule has 4 heteroatoms. The van der Waals surface area contributed by atoms with Crippen LogP contribution in [0.4, 0.5) is 10.1 Å². The molecule has 1 spiro atoms. The van der Waals surface area contributed by atoms with Crippen LogP contribution >= 0.6 is 0 Å². The topological polar surface area (TPSA) is 39.1 Å². The van der Waals surface area contributed by atoms with Gasteiger partial charge in [0, 0.05) is 37.3 Å². The maximum absolute atomic E-state index is 13.4. The van der Waals surface area contributed by atoms with Gasteiger partial charge in [-0.3, -0.25) is 0 Å². The Morgan fingerprint density at radius 2 is 2.12 bits per heavy atom. The molecule has 3 nitrogen and oxygen atoms in total. The average molecular weight is 217 g/mol. The molecule has 0 amide bonds. The highest BCUT2D eigenvalue weighted by atomic mass is 19.1. The first-order valence-corrected chi connectivity index (χ1v) is 5.38. The van der Waals surface area contributed by atoms with Crippen molar-refractivity contribution in [1.29, 1.82) is 5.26 Å². The van der Waals surface area contributed by atoms with Gasteiger partial charge in [-0.05, 0) is 18.2 Å². The highest BCUT2D eigenvalue weighted by Gasteiger charge is 2.47. The highest BCUT2D eigenvalue weighted by Crippen LogP contribution is 2.37. The number of benzene rings is 1. The number of hydrogen-bond donors (Lipinski definition) is 1. The minimum absolute atomic E-state index is 0.115. The standard InChI is InChI=1S/C12H12FN3/c13-11-3-10(2-1-9(11)4-14)16-7-12(8-16)5-15-6-12/h1-3,15H,5-8H2. The predicted molar refractivity (Wildman–Crippen MR) is 58.6 cm³/mol. The Hall–Kier alpha value is -1.60. The maximum Gasteiger partial charge on any atom is 0.143 e. The molecule has 0 radical (unpaired) electrons. The van der Waals surface area contributed by atoms with Crippen molar-refractivity contribution in [3.63, 3.8) is 0 Å². The van der Waals surface area contributed by atoms with Crippen LogP contribution in [0.5, 0.6) is 0 Å². The van der Waals surface area contributed by atoms with Crippen molar-refractivity contribution in [3.05, 3.63) is 29.6 Å². The summed E-state index contributed by atoms with van der Waals surface area (Å²) in [7, 11) is 0. The lowest BCUT2D eigenvalue weighted by atomic mass is 9.74. The number of nitrogens with one attached hydrogen (secondary N) is 1. The van der Waals surface area contributed by atoms with Gasteiger partial charge in [-0.2, -0.15) is 5.26 Å². The summed E-state index contributed by atoms with van der Waals surface area (Å²) in [6.07, 6.45) is 0. The maximum atomic E-state index is 13.4. The number of hydrogen-bond acceptors (Lipinski definition) is 3. The third kappa shape index (κ3) is 1.29. The fourth-order valence-corrected chi connectivity index (χ4v) is 2.44. The Morgan fingerprint density at radius 1 is 1.38 bits per heavy atom. The molecule has 0 saturated carbocycles. The summed E-state index contributed by atoms with van der Waals surface area (Å²) in [5.41, 5.74) is 1.43. The zero-order valence-electron chi connectivity index (χ0n) is 8.83. The summed E-state index contributed by atoms with van der Waals surface area (Å²) in [5.74, 6) is -0.423. The van der Waals surface area contributed by atoms with Crippen LogP contribution in [0.15, 0.2) is 18.2 Å². The monoisotopic (exact) mass is 217 g/mol. The van der Waals surface area contributed by atoms with Crippen molar-refractivity contribution in [2.24, 2.45) is 5.41 Å². The summed E-state index contributed by atoms with van der Waals surface area (Å²) in [6, 6.07) is 6.66. The molecule has 2 aliphatic rings. The molecule has 82 valence electrons. The molecule has 16 heavy (non-hydrogen) atoms. The third-order valence-electron chi connectivity index (χ3n) is 3.49. The summed E-state index contributed by atoms with van der Waals surface area (Å²) in [4.78, 5) is 2.16. The third-order valence-corrected chi connectivity index (χ3v) is 3.49. The summed E-state index contributed by atoms with van der Waals surface area (Å²) < 4.78 is 13.4. The smallest absolute Gasteiger partial charge is 0.143 e. The summed E-state index contributed by atoms with van der Waals surface area (Å²) in [5, 5.41) is 11.9.